The third kappa shape index (κ3) is 2.97. The third-order valence-electron chi connectivity index (χ3n) is 3.35. The summed E-state index contributed by atoms with van der Waals surface area (Å²) in [7, 11) is -2.03. The van der Waals surface area contributed by atoms with E-state index in [0.717, 1.165) is 4.47 Å². The van der Waals surface area contributed by atoms with Crippen LogP contribution in [-0.4, -0.2) is 38.5 Å². The van der Waals surface area contributed by atoms with E-state index >= 15 is 0 Å². The Hall–Kier alpha value is -0.140. The Morgan fingerprint density at radius 2 is 2.16 bits per heavy atom. The Labute approximate surface area is 126 Å². The summed E-state index contributed by atoms with van der Waals surface area (Å²) in [4.78, 5) is 0.124. The summed E-state index contributed by atoms with van der Waals surface area (Å²) in [6.45, 7) is 2.46. The highest BCUT2D eigenvalue weighted by molar-refractivity contribution is 9.10. The van der Waals surface area contributed by atoms with Crippen molar-refractivity contribution >= 4 is 37.6 Å². The van der Waals surface area contributed by atoms with Gasteiger partial charge >= 0.3 is 0 Å². The molecule has 0 N–H and O–H groups in total. The van der Waals surface area contributed by atoms with Gasteiger partial charge in [0.25, 0.3) is 0 Å². The lowest BCUT2D eigenvalue weighted by Gasteiger charge is -2.26. The van der Waals surface area contributed by atoms with Gasteiger partial charge in [-0.15, -0.1) is 0 Å². The molecule has 1 fully saturated rings. The summed E-state index contributed by atoms with van der Waals surface area (Å²) in [5.74, 6) is 0. The van der Waals surface area contributed by atoms with Crippen molar-refractivity contribution in [3.63, 3.8) is 0 Å². The van der Waals surface area contributed by atoms with Crippen LogP contribution >= 0.6 is 27.5 Å². The second-order valence-corrected chi connectivity index (χ2v) is 7.82. The van der Waals surface area contributed by atoms with Crippen molar-refractivity contribution in [2.45, 2.75) is 30.4 Å². The number of benzene rings is 1. The van der Waals surface area contributed by atoms with Gasteiger partial charge in [-0.05, 0) is 31.5 Å². The molecule has 2 rings (SSSR count). The number of hydrogen-bond acceptors (Lipinski definition) is 3. The topological polar surface area (TPSA) is 46.6 Å². The summed E-state index contributed by atoms with van der Waals surface area (Å²) in [6, 6.07) is 4.61. The van der Waals surface area contributed by atoms with Gasteiger partial charge in [-0.2, -0.15) is 4.31 Å². The van der Waals surface area contributed by atoms with Crippen LogP contribution in [0.3, 0.4) is 0 Å². The highest BCUT2D eigenvalue weighted by atomic mass is 79.9. The highest BCUT2D eigenvalue weighted by Gasteiger charge is 2.36. The zero-order chi connectivity index (χ0) is 14.2. The predicted molar refractivity (Wildman–Crippen MR) is 77.9 cm³/mol. The Morgan fingerprint density at radius 3 is 2.68 bits per heavy atom. The molecule has 1 heterocycles. The summed E-state index contributed by atoms with van der Waals surface area (Å²) in [5.41, 5.74) is 0. The van der Waals surface area contributed by atoms with Crippen LogP contribution < -0.4 is 0 Å². The lowest BCUT2D eigenvalue weighted by molar-refractivity contribution is 0.102. The molecule has 0 amide bonds. The Morgan fingerprint density at radius 1 is 1.47 bits per heavy atom. The predicted octanol–water partition coefficient (Wildman–Crippen LogP) is 2.90. The lowest BCUT2D eigenvalue weighted by Crippen LogP contribution is -2.41. The monoisotopic (exact) mass is 367 g/mol. The molecular formula is C12H15BrClNO3S. The maximum absolute atomic E-state index is 12.6. The summed E-state index contributed by atoms with van der Waals surface area (Å²) in [5, 5.41) is 0.216. The summed E-state index contributed by atoms with van der Waals surface area (Å²) < 4.78 is 32.7. The Bertz CT molecular complexity index is 578. The van der Waals surface area contributed by atoms with E-state index in [1.54, 1.807) is 19.2 Å². The van der Waals surface area contributed by atoms with Gasteiger partial charge in [-0.3, -0.25) is 0 Å². The molecule has 0 bridgehead atoms. The summed E-state index contributed by atoms with van der Waals surface area (Å²) >= 11 is 9.30. The first-order valence-electron chi connectivity index (χ1n) is 5.88. The third-order valence-corrected chi connectivity index (χ3v) is 6.21. The average Bonchev–Trinajstić information content (AvgIpc) is 2.73. The van der Waals surface area contributed by atoms with E-state index in [9.17, 15) is 8.42 Å². The quantitative estimate of drug-likeness (QED) is 0.824. The van der Waals surface area contributed by atoms with Crippen LogP contribution in [0.5, 0.6) is 0 Å². The van der Waals surface area contributed by atoms with Gasteiger partial charge in [-0.25, -0.2) is 8.42 Å². The molecular weight excluding hydrogens is 354 g/mol. The van der Waals surface area contributed by atoms with Crippen molar-refractivity contribution in [2.24, 2.45) is 0 Å². The molecule has 2 unspecified atom stereocenters. The molecule has 1 aromatic rings. The van der Waals surface area contributed by atoms with Gasteiger partial charge < -0.3 is 4.74 Å². The Kier molecular flexibility index (Phi) is 4.57. The average molecular weight is 369 g/mol. The molecule has 1 aliphatic heterocycles. The smallest absolute Gasteiger partial charge is 0.244 e. The van der Waals surface area contributed by atoms with E-state index in [1.807, 2.05) is 6.92 Å². The maximum Gasteiger partial charge on any atom is 0.244 e. The zero-order valence-corrected chi connectivity index (χ0v) is 13.8. The highest BCUT2D eigenvalue weighted by Crippen LogP contribution is 2.30. The molecule has 0 saturated carbocycles. The van der Waals surface area contributed by atoms with Gasteiger partial charge in [-0.1, -0.05) is 27.5 Å². The number of sulfonamides is 1. The van der Waals surface area contributed by atoms with E-state index < -0.39 is 10.0 Å². The first kappa shape index (κ1) is 15.3. The van der Waals surface area contributed by atoms with Gasteiger partial charge in [0.1, 0.15) is 4.90 Å². The van der Waals surface area contributed by atoms with Crippen molar-refractivity contribution in [1.29, 1.82) is 0 Å². The number of halogens is 2. The van der Waals surface area contributed by atoms with E-state index in [2.05, 4.69) is 15.9 Å². The van der Waals surface area contributed by atoms with E-state index in [4.69, 9.17) is 16.3 Å². The van der Waals surface area contributed by atoms with Gasteiger partial charge in [0.05, 0.1) is 17.2 Å². The van der Waals surface area contributed by atoms with Crippen LogP contribution in [0.2, 0.25) is 5.02 Å². The van der Waals surface area contributed by atoms with E-state index in [0.29, 0.717) is 13.0 Å². The van der Waals surface area contributed by atoms with Crippen LogP contribution in [0.25, 0.3) is 0 Å². The molecule has 1 saturated heterocycles. The fraction of sp³-hybridized carbons (Fsp3) is 0.500. The minimum absolute atomic E-state index is 0.103. The molecule has 0 aliphatic carbocycles. The first-order chi connectivity index (χ1) is 8.84. The van der Waals surface area contributed by atoms with Crippen LogP contribution in [0, 0.1) is 0 Å². The fourth-order valence-electron chi connectivity index (χ4n) is 2.22. The minimum atomic E-state index is -3.60. The molecule has 106 valence electrons. The molecule has 0 spiro atoms. The number of rotatable bonds is 3. The molecule has 19 heavy (non-hydrogen) atoms. The van der Waals surface area contributed by atoms with Gasteiger partial charge in [0.15, 0.2) is 0 Å². The van der Waals surface area contributed by atoms with Crippen LogP contribution in [0.15, 0.2) is 27.6 Å². The lowest BCUT2D eigenvalue weighted by atomic mass is 10.2. The second kappa shape index (κ2) is 5.69. The maximum atomic E-state index is 12.6. The molecule has 0 aromatic heterocycles. The van der Waals surface area contributed by atoms with E-state index in [1.165, 1.54) is 10.4 Å². The molecule has 1 aliphatic rings. The van der Waals surface area contributed by atoms with Crippen LogP contribution in [0.4, 0.5) is 0 Å². The van der Waals surface area contributed by atoms with Gasteiger partial charge in [0.2, 0.25) is 10.0 Å². The zero-order valence-electron chi connectivity index (χ0n) is 10.6. The molecule has 1 aromatic carbocycles. The van der Waals surface area contributed by atoms with Crippen LogP contribution in [-0.2, 0) is 14.8 Å². The Balaban J connectivity index is 2.36. The molecule has 0 radical (unpaired) electrons. The van der Waals surface area contributed by atoms with Crippen molar-refractivity contribution in [3.05, 3.63) is 27.7 Å². The van der Waals surface area contributed by atoms with Gasteiger partial charge in [0, 0.05) is 18.1 Å². The molecule has 2 atom stereocenters. The SMILES string of the molecule is CC1OCCC1N(C)S(=O)(=O)c1ccc(Br)cc1Cl. The van der Waals surface area contributed by atoms with Crippen molar-refractivity contribution in [1.82, 2.24) is 4.31 Å². The molecule has 7 heteroatoms. The molecule has 4 nitrogen and oxygen atoms in total. The largest absolute Gasteiger partial charge is 0.377 e. The minimum Gasteiger partial charge on any atom is -0.377 e. The second-order valence-electron chi connectivity index (χ2n) is 4.53. The first-order valence-corrected chi connectivity index (χ1v) is 8.50. The van der Waals surface area contributed by atoms with Crippen molar-refractivity contribution in [3.8, 4) is 0 Å². The van der Waals surface area contributed by atoms with Crippen molar-refractivity contribution < 1.29 is 13.2 Å². The normalized spacial score (nSPS) is 24.1. The van der Waals surface area contributed by atoms with Crippen molar-refractivity contribution in [2.75, 3.05) is 13.7 Å². The summed E-state index contributed by atoms with van der Waals surface area (Å²) in [6.07, 6.45) is 0.597. The van der Waals surface area contributed by atoms with Crippen LogP contribution in [0.1, 0.15) is 13.3 Å². The number of hydrogen-bond donors (Lipinski definition) is 0. The number of likely N-dealkylation sites (N-methyl/N-ethyl adjacent to an activating group) is 1. The standard InChI is InChI=1S/C12H15BrClNO3S/c1-8-11(5-6-18-8)15(2)19(16,17)12-4-3-9(13)7-10(12)14/h3-4,7-8,11H,5-6H2,1-2H3. The van der Waals surface area contributed by atoms with E-state index in [-0.39, 0.29) is 22.1 Å². The fourth-order valence-corrected chi connectivity index (χ4v) is 4.67. The number of nitrogens with zero attached hydrogens (tertiary/aromatic N) is 1. The number of ether oxygens (including phenoxy) is 1.